The molecule has 0 aromatic carbocycles. The molecule has 0 saturated carbocycles. The molecule has 1 rings (SSSR count). The summed E-state index contributed by atoms with van der Waals surface area (Å²) >= 11 is 2.81. The number of hydrogen-bond acceptors (Lipinski definition) is 4. The van der Waals surface area contributed by atoms with Crippen LogP contribution < -0.4 is 10.7 Å². The monoisotopic (exact) mass is 380 g/mol. The molecule has 0 spiro atoms. The van der Waals surface area contributed by atoms with Crippen molar-refractivity contribution in [1.82, 2.24) is 9.99 Å². The Bertz CT molecular complexity index is 484. The van der Waals surface area contributed by atoms with Crippen molar-refractivity contribution in [3.63, 3.8) is 0 Å². The number of aromatic nitrogens is 1. The molecular formula is C9H9IN4O3S. The lowest BCUT2D eigenvalue weighted by Gasteiger charge is -2.15. The van der Waals surface area contributed by atoms with Crippen LogP contribution in [-0.4, -0.2) is 32.3 Å². The zero-order valence-electron chi connectivity index (χ0n) is 8.96. The second-order valence-corrected chi connectivity index (χ2v) is 4.73. The van der Waals surface area contributed by atoms with Gasteiger partial charge >= 0.3 is 6.09 Å². The van der Waals surface area contributed by atoms with Crippen molar-refractivity contribution in [3.05, 3.63) is 18.3 Å². The van der Waals surface area contributed by atoms with Gasteiger partial charge in [-0.3, -0.25) is 14.9 Å². The molecule has 96 valence electrons. The van der Waals surface area contributed by atoms with Gasteiger partial charge in [0.15, 0.2) is 0 Å². The van der Waals surface area contributed by atoms with Crippen LogP contribution in [0.2, 0.25) is 0 Å². The Morgan fingerprint density at radius 2 is 2.39 bits per heavy atom. The third-order valence-electron chi connectivity index (χ3n) is 1.86. The van der Waals surface area contributed by atoms with E-state index >= 15 is 0 Å². The number of thiocyanates is 1. The van der Waals surface area contributed by atoms with Crippen LogP contribution in [-0.2, 0) is 4.79 Å². The molecule has 0 aliphatic carbocycles. The lowest BCUT2D eigenvalue weighted by Crippen LogP contribution is -2.46. The molecule has 0 bridgehead atoms. The minimum absolute atomic E-state index is 0.303. The van der Waals surface area contributed by atoms with E-state index < -0.39 is 18.0 Å². The zero-order chi connectivity index (χ0) is 13.5. The number of carbonyl (C=O) groups excluding carboxylic acids is 1. The summed E-state index contributed by atoms with van der Waals surface area (Å²) in [6.07, 6.45) is 0.314. The highest BCUT2D eigenvalue weighted by atomic mass is 127. The smallest absolute Gasteiger partial charge is 0.405 e. The van der Waals surface area contributed by atoms with Crippen molar-refractivity contribution in [2.45, 2.75) is 11.1 Å². The zero-order valence-corrected chi connectivity index (χ0v) is 11.9. The van der Waals surface area contributed by atoms with Crippen molar-refractivity contribution in [2.75, 3.05) is 9.85 Å². The van der Waals surface area contributed by atoms with Crippen LogP contribution in [0.1, 0.15) is 0 Å². The standard InChI is InChI=1S/C9H9IN4O3S/c10-4-6(12-9(16)17)8(15)13-14-3-1-2-7(14)18-5-11/h1-3,6,12H,4H2,(H,13,15)(H,16,17). The second kappa shape index (κ2) is 7.12. The van der Waals surface area contributed by atoms with Crippen LogP contribution in [0.25, 0.3) is 0 Å². The summed E-state index contributed by atoms with van der Waals surface area (Å²) < 4.78 is 1.68. The number of nitrogens with one attached hydrogen (secondary N) is 2. The SMILES string of the molecule is N#CSc1cccn1NC(=O)C(CI)NC(=O)O. The van der Waals surface area contributed by atoms with Crippen LogP contribution in [0.15, 0.2) is 23.4 Å². The van der Waals surface area contributed by atoms with E-state index in [9.17, 15) is 9.59 Å². The Labute approximate surface area is 121 Å². The minimum Gasteiger partial charge on any atom is -0.465 e. The first-order valence-electron chi connectivity index (χ1n) is 4.68. The molecule has 1 aromatic heterocycles. The molecule has 0 aliphatic rings. The molecule has 1 heterocycles. The first-order chi connectivity index (χ1) is 8.58. The van der Waals surface area contributed by atoms with Crippen LogP contribution in [0.3, 0.4) is 0 Å². The Morgan fingerprint density at radius 3 is 2.94 bits per heavy atom. The fourth-order valence-electron chi connectivity index (χ4n) is 1.11. The summed E-state index contributed by atoms with van der Waals surface area (Å²) in [6, 6.07) is 2.49. The Kier molecular flexibility index (Phi) is 5.79. The van der Waals surface area contributed by atoms with Gasteiger partial charge in [0.05, 0.1) is 0 Å². The summed E-state index contributed by atoms with van der Waals surface area (Å²) in [4.78, 5) is 22.3. The molecule has 0 saturated heterocycles. The van der Waals surface area contributed by atoms with Crippen molar-refractivity contribution in [2.24, 2.45) is 0 Å². The van der Waals surface area contributed by atoms with Crippen molar-refractivity contribution in [3.8, 4) is 5.40 Å². The molecule has 1 aromatic rings. The molecule has 0 aliphatic heterocycles. The molecule has 0 fully saturated rings. The maximum absolute atomic E-state index is 11.8. The quantitative estimate of drug-likeness (QED) is 0.308. The van der Waals surface area contributed by atoms with E-state index in [1.54, 1.807) is 18.3 Å². The van der Waals surface area contributed by atoms with Gasteiger partial charge in [-0.05, 0) is 12.1 Å². The number of rotatable bonds is 5. The lowest BCUT2D eigenvalue weighted by molar-refractivity contribution is -0.118. The number of hydrogen-bond donors (Lipinski definition) is 3. The Hall–Kier alpha value is -1.41. The van der Waals surface area contributed by atoms with Gasteiger partial charge in [-0.1, -0.05) is 22.6 Å². The van der Waals surface area contributed by atoms with Gasteiger partial charge < -0.3 is 10.4 Å². The van der Waals surface area contributed by atoms with E-state index in [-0.39, 0.29) is 0 Å². The molecule has 3 N–H and O–H groups in total. The van der Waals surface area contributed by atoms with E-state index in [1.165, 1.54) is 4.68 Å². The van der Waals surface area contributed by atoms with E-state index in [1.807, 2.05) is 28.0 Å². The Balaban J connectivity index is 2.71. The van der Waals surface area contributed by atoms with E-state index in [0.29, 0.717) is 9.45 Å². The fourth-order valence-corrected chi connectivity index (χ4v) is 2.17. The number of carbonyl (C=O) groups is 2. The van der Waals surface area contributed by atoms with Crippen LogP contribution in [0, 0.1) is 10.7 Å². The van der Waals surface area contributed by atoms with E-state index in [4.69, 9.17) is 10.4 Å². The van der Waals surface area contributed by atoms with Crippen LogP contribution >= 0.6 is 34.4 Å². The summed E-state index contributed by atoms with van der Waals surface area (Å²) in [5, 5.41) is 21.7. The minimum atomic E-state index is -1.26. The predicted molar refractivity (Wildman–Crippen MR) is 74.1 cm³/mol. The average molecular weight is 380 g/mol. The number of carboxylic acid groups (broad SMARTS) is 1. The number of nitriles is 1. The highest BCUT2D eigenvalue weighted by Crippen LogP contribution is 2.15. The van der Waals surface area contributed by atoms with Gasteiger partial charge in [-0.2, -0.15) is 5.26 Å². The van der Waals surface area contributed by atoms with Gasteiger partial charge in [0.25, 0.3) is 5.91 Å². The third kappa shape index (κ3) is 4.11. The van der Waals surface area contributed by atoms with Crippen molar-refractivity contribution >= 4 is 46.4 Å². The molecule has 2 amide bonds. The van der Waals surface area contributed by atoms with E-state index in [0.717, 1.165) is 11.8 Å². The molecular weight excluding hydrogens is 371 g/mol. The number of amides is 2. The first kappa shape index (κ1) is 14.7. The third-order valence-corrected chi connectivity index (χ3v) is 3.37. The Morgan fingerprint density at radius 1 is 1.67 bits per heavy atom. The number of nitrogens with zero attached hydrogens (tertiary/aromatic N) is 2. The summed E-state index contributed by atoms with van der Waals surface area (Å²) in [5.74, 6) is -0.484. The second-order valence-electron chi connectivity index (χ2n) is 3.04. The fraction of sp³-hybridized carbons (Fsp3) is 0.222. The molecule has 18 heavy (non-hydrogen) atoms. The highest BCUT2D eigenvalue weighted by Gasteiger charge is 2.19. The predicted octanol–water partition coefficient (Wildman–Crippen LogP) is 1.20. The maximum atomic E-state index is 11.8. The molecule has 9 heteroatoms. The summed E-state index contributed by atoms with van der Waals surface area (Å²) in [6.45, 7) is 0. The van der Waals surface area contributed by atoms with Crippen molar-refractivity contribution < 1.29 is 14.7 Å². The number of alkyl halides is 1. The van der Waals surface area contributed by atoms with Gasteiger partial charge in [0.2, 0.25) is 0 Å². The summed E-state index contributed by atoms with van der Waals surface area (Å²) in [5.41, 5.74) is 2.51. The lowest BCUT2D eigenvalue weighted by atomic mass is 10.3. The molecule has 1 unspecified atom stereocenters. The number of halogens is 1. The van der Waals surface area contributed by atoms with Crippen molar-refractivity contribution in [1.29, 1.82) is 5.26 Å². The van der Waals surface area contributed by atoms with Gasteiger partial charge in [-0.15, -0.1) is 0 Å². The van der Waals surface area contributed by atoms with Gasteiger partial charge in [0, 0.05) is 22.4 Å². The molecule has 1 atom stereocenters. The van der Waals surface area contributed by atoms with Crippen LogP contribution in [0.5, 0.6) is 0 Å². The first-order valence-corrected chi connectivity index (χ1v) is 7.02. The van der Waals surface area contributed by atoms with E-state index in [2.05, 4.69) is 10.7 Å². The number of thioether (sulfide) groups is 1. The average Bonchev–Trinajstić information content (AvgIpc) is 2.73. The van der Waals surface area contributed by atoms with Gasteiger partial charge in [0.1, 0.15) is 16.5 Å². The topological polar surface area (TPSA) is 107 Å². The maximum Gasteiger partial charge on any atom is 0.405 e. The molecule has 7 nitrogen and oxygen atoms in total. The largest absolute Gasteiger partial charge is 0.465 e. The van der Waals surface area contributed by atoms with Gasteiger partial charge in [-0.25, -0.2) is 4.79 Å². The highest BCUT2D eigenvalue weighted by molar-refractivity contribution is 14.1. The van der Waals surface area contributed by atoms with Crippen LogP contribution in [0.4, 0.5) is 4.79 Å². The summed E-state index contributed by atoms with van der Waals surface area (Å²) in [7, 11) is 0. The molecule has 0 radical (unpaired) electrons. The normalized spacial score (nSPS) is 11.3.